The Morgan fingerprint density at radius 2 is 1.67 bits per heavy atom. The van der Waals surface area contributed by atoms with Gasteiger partial charge in [-0.15, -0.1) is 0 Å². The molecule has 4 atom stereocenters. The number of benzene rings is 2. The largest absolute Gasteiger partial charge is 0.481 e. The van der Waals surface area contributed by atoms with E-state index in [1.165, 1.54) is 0 Å². The number of rotatable bonds is 4. The molecule has 0 aliphatic carbocycles. The van der Waals surface area contributed by atoms with Crippen LogP contribution in [-0.2, 0) is 14.3 Å². The van der Waals surface area contributed by atoms with Gasteiger partial charge in [-0.25, -0.2) is 0 Å². The fourth-order valence-electron chi connectivity index (χ4n) is 4.85. The van der Waals surface area contributed by atoms with Crippen molar-refractivity contribution in [3.8, 4) is 0 Å². The van der Waals surface area contributed by atoms with E-state index >= 15 is 0 Å². The number of hydrogen-bond acceptors (Lipinski definition) is 3. The number of likely N-dealkylation sites (tertiary alicyclic amines) is 1. The Morgan fingerprint density at radius 1 is 1.07 bits per heavy atom. The van der Waals surface area contributed by atoms with Crippen LogP contribution < -0.4 is 0 Å². The van der Waals surface area contributed by atoms with Crippen LogP contribution in [0, 0.1) is 11.8 Å². The summed E-state index contributed by atoms with van der Waals surface area (Å²) in [6, 6.07) is 19.4. The molecular formula is C22H19NO4. The molecule has 3 heterocycles. The highest BCUT2D eigenvalue weighted by Gasteiger charge is 2.67. The smallest absolute Gasteiger partial charge is 0.310 e. The number of carboxylic acid groups (broad SMARTS) is 1. The number of carbonyl (C=O) groups is 2. The van der Waals surface area contributed by atoms with Crippen LogP contribution in [0.4, 0.5) is 0 Å². The molecule has 5 nitrogen and oxygen atoms in total. The van der Waals surface area contributed by atoms with Crippen LogP contribution in [0.3, 0.4) is 0 Å². The van der Waals surface area contributed by atoms with E-state index in [0.717, 1.165) is 11.1 Å². The lowest BCUT2D eigenvalue weighted by Crippen LogP contribution is -2.39. The molecule has 2 fully saturated rings. The first-order chi connectivity index (χ1) is 13.1. The first-order valence-electron chi connectivity index (χ1n) is 9.11. The van der Waals surface area contributed by atoms with Crippen molar-refractivity contribution in [3.05, 3.63) is 83.9 Å². The van der Waals surface area contributed by atoms with Crippen molar-refractivity contribution in [3.63, 3.8) is 0 Å². The second-order valence-electron chi connectivity index (χ2n) is 7.43. The van der Waals surface area contributed by atoms with Crippen molar-refractivity contribution in [1.82, 2.24) is 4.90 Å². The van der Waals surface area contributed by atoms with Crippen molar-refractivity contribution in [2.45, 2.75) is 17.7 Å². The predicted octanol–water partition coefficient (Wildman–Crippen LogP) is 2.64. The van der Waals surface area contributed by atoms with Gasteiger partial charge in [-0.3, -0.25) is 9.59 Å². The third kappa shape index (κ3) is 2.28. The van der Waals surface area contributed by atoms with Gasteiger partial charge in [-0.1, -0.05) is 72.8 Å². The van der Waals surface area contributed by atoms with Crippen LogP contribution >= 0.6 is 0 Å². The van der Waals surface area contributed by atoms with Gasteiger partial charge in [-0.2, -0.15) is 0 Å². The number of ether oxygens (including phenoxy) is 1. The molecule has 5 heteroatoms. The number of hydrogen-bond donors (Lipinski definition) is 1. The lowest BCUT2D eigenvalue weighted by atomic mass is 9.77. The van der Waals surface area contributed by atoms with Crippen molar-refractivity contribution in [1.29, 1.82) is 0 Å². The number of carboxylic acids is 1. The first-order valence-corrected chi connectivity index (χ1v) is 9.11. The van der Waals surface area contributed by atoms with E-state index in [2.05, 4.69) is 0 Å². The highest BCUT2D eigenvalue weighted by molar-refractivity contribution is 5.91. The summed E-state index contributed by atoms with van der Waals surface area (Å²) in [5.41, 5.74) is 1.17. The minimum Gasteiger partial charge on any atom is -0.481 e. The fraction of sp³-hybridized carbons (Fsp3) is 0.273. The summed E-state index contributed by atoms with van der Waals surface area (Å²) in [6.07, 6.45) is 3.18. The second-order valence-corrected chi connectivity index (χ2v) is 7.43. The lowest BCUT2D eigenvalue weighted by Gasteiger charge is -2.31. The summed E-state index contributed by atoms with van der Waals surface area (Å²) in [5, 5.41) is 9.67. The topological polar surface area (TPSA) is 66.8 Å². The van der Waals surface area contributed by atoms with E-state index in [9.17, 15) is 14.7 Å². The molecule has 5 rings (SSSR count). The van der Waals surface area contributed by atoms with Crippen LogP contribution in [0.2, 0.25) is 0 Å². The first kappa shape index (κ1) is 16.3. The summed E-state index contributed by atoms with van der Waals surface area (Å²) in [4.78, 5) is 27.0. The molecular weight excluding hydrogens is 342 g/mol. The highest BCUT2D eigenvalue weighted by Crippen LogP contribution is 2.53. The summed E-state index contributed by atoms with van der Waals surface area (Å²) in [6.45, 7) is 0.363. The van der Waals surface area contributed by atoms with Crippen LogP contribution in [0.5, 0.6) is 0 Å². The lowest BCUT2D eigenvalue weighted by molar-refractivity contribution is -0.148. The zero-order valence-electron chi connectivity index (χ0n) is 14.6. The standard InChI is InChI=1S/C22H19NO4/c24-20-18-17(21(25)26)16-11-12-22(18,27-16)13-23(20)19(14-7-3-1-4-8-14)15-9-5-2-6-10-15/h1-12,16-19H,13H2,(H,25,26)/t16-,17-,18-,22+/m1/s1. The van der Waals surface area contributed by atoms with Crippen LogP contribution in [0.1, 0.15) is 17.2 Å². The number of aliphatic carboxylic acids is 1. The average Bonchev–Trinajstić information content (AvgIpc) is 3.32. The molecule has 3 aliphatic rings. The van der Waals surface area contributed by atoms with Gasteiger partial charge >= 0.3 is 5.97 Å². The zero-order chi connectivity index (χ0) is 18.6. The fourth-order valence-corrected chi connectivity index (χ4v) is 4.85. The monoisotopic (exact) mass is 361 g/mol. The molecule has 2 aromatic carbocycles. The van der Waals surface area contributed by atoms with Gasteiger partial charge in [0.05, 0.1) is 24.6 Å². The minimum atomic E-state index is -0.970. The minimum absolute atomic E-state index is 0.146. The second kappa shape index (κ2) is 5.79. The summed E-state index contributed by atoms with van der Waals surface area (Å²) >= 11 is 0. The van der Waals surface area contributed by atoms with Crippen LogP contribution in [0.15, 0.2) is 72.8 Å². The Balaban J connectivity index is 1.59. The SMILES string of the molecule is O=C(O)[C@@H]1[C@H]2C=C[C@@]3(CN(C(c4ccccc4)c4ccccc4)C(=O)[C@@H]13)O2. The molecule has 1 N–H and O–H groups in total. The molecule has 136 valence electrons. The summed E-state index contributed by atoms with van der Waals surface area (Å²) in [7, 11) is 0. The van der Waals surface area contributed by atoms with Gasteiger partial charge in [-0.05, 0) is 11.1 Å². The van der Waals surface area contributed by atoms with Gasteiger partial charge in [0.15, 0.2) is 0 Å². The quantitative estimate of drug-likeness (QED) is 0.850. The summed E-state index contributed by atoms with van der Waals surface area (Å²) in [5.74, 6) is -2.60. The van der Waals surface area contributed by atoms with E-state index in [1.54, 1.807) is 11.0 Å². The van der Waals surface area contributed by atoms with E-state index in [0.29, 0.717) is 6.54 Å². The Bertz CT molecular complexity index is 886. The molecule has 0 aromatic heterocycles. The zero-order valence-corrected chi connectivity index (χ0v) is 14.6. The molecule has 1 spiro atoms. The number of amides is 1. The summed E-state index contributed by atoms with van der Waals surface area (Å²) < 4.78 is 6.03. The number of carbonyl (C=O) groups excluding carboxylic acids is 1. The van der Waals surface area contributed by atoms with Crippen LogP contribution in [-0.4, -0.2) is 40.1 Å². The van der Waals surface area contributed by atoms with Gasteiger partial charge < -0.3 is 14.7 Å². The third-order valence-corrected chi connectivity index (χ3v) is 5.96. The van der Waals surface area contributed by atoms with Gasteiger partial charge in [0.1, 0.15) is 11.5 Å². The molecule has 0 saturated carbocycles. The molecule has 2 saturated heterocycles. The highest BCUT2D eigenvalue weighted by atomic mass is 16.5. The third-order valence-electron chi connectivity index (χ3n) is 5.96. The van der Waals surface area contributed by atoms with Crippen molar-refractivity contribution in [2.75, 3.05) is 6.54 Å². The van der Waals surface area contributed by atoms with E-state index in [1.807, 2.05) is 66.7 Å². The molecule has 1 amide bonds. The Kier molecular flexibility index (Phi) is 3.49. The molecule has 2 bridgehead atoms. The van der Waals surface area contributed by atoms with Gasteiger partial charge in [0.2, 0.25) is 5.91 Å². The van der Waals surface area contributed by atoms with E-state index in [-0.39, 0.29) is 11.9 Å². The maximum atomic E-state index is 13.4. The van der Waals surface area contributed by atoms with Crippen molar-refractivity contribution >= 4 is 11.9 Å². The van der Waals surface area contributed by atoms with Crippen molar-refractivity contribution < 1.29 is 19.4 Å². The van der Waals surface area contributed by atoms with E-state index < -0.39 is 29.5 Å². The van der Waals surface area contributed by atoms with Gasteiger partial charge in [0.25, 0.3) is 0 Å². The molecule has 0 unspecified atom stereocenters. The molecule has 0 radical (unpaired) electrons. The molecule has 27 heavy (non-hydrogen) atoms. The van der Waals surface area contributed by atoms with Crippen LogP contribution in [0.25, 0.3) is 0 Å². The van der Waals surface area contributed by atoms with Crippen molar-refractivity contribution in [2.24, 2.45) is 11.8 Å². The average molecular weight is 361 g/mol. The maximum absolute atomic E-state index is 13.4. The predicted molar refractivity (Wildman–Crippen MR) is 97.8 cm³/mol. The maximum Gasteiger partial charge on any atom is 0.310 e. The Morgan fingerprint density at radius 3 is 2.22 bits per heavy atom. The number of fused-ring (bicyclic) bond motifs is 1. The Hall–Kier alpha value is -2.92. The molecule has 3 aliphatic heterocycles. The van der Waals surface area contributed by atoms with E-state index in [4.69, 9.17) is 4.74 Å². The normalized spacial score (nSPS) is 30.9. The molecule has 2 aromatic rings. The Labute approximate surface area is 156 Å². The van der Waals surface area contributed by atoms with Gasteiger partial charge in [0, 0.05) is 0 Å². The number of nitrogens with zero attached hydrogens (tertiary/aromatic N) is 1.